The molecule has 1 aliphatic heterocycles. The maximum absolute atomic E-state index is 6.01. The van der Waals surface area contributed by atoms with Crippen LogP contribution in [0.1, 0.15) is 12.8 Å². The lowest BCUT2D eigenvalue weighted by atomic mass is 10.3. The van der Waals surface area contributed by atoms with Crippen LogP contribution >= 0.6 is 22.9 Å². The van der Waals surface area contributed by atoms with Gasteiger partial charge in [0.2, 0.25) is 5.95 Å². The van der Waals surface area contributed by atoms with Gasteiger partial charge >= 0.3 is 0 Å². The largest absolute Gasteiger partial charge is 0.492 e. The molecule has 25 heavy (non-hydrogen) atoms. The number of nitrogens with one attached hydrogen (secondary N) is 1. The molecule has 0 unspecified atom stereocenters. The first-order valence-electron chi connectivity index (χ1n) is 8.41. The van der Waals surface area contributed by atoms with Gasteiger partial charge in [-0.25, -0.2) is 9.97 Å². The van der Waals surface area contributed by atoms with Gasteiger partial charge in [-0.2, -0.15) is 0 Å². The van der Waals surface area contributed by atoms with E-state index < -0.39 is 0 Å². The van der Waals surface area contributed by atoms with E-state index >= 15 is 0 Å². The van der Waals surface area contributed by atoms with Gasteiger partial charge in [0.15, 0.2) is 0 Å². The number of anilines is 2. The molecule has 0 atom stereocenters. The van der Waals surface area contributed by atoms with Crippen LogP contribution in [0.25, 0.3) is 10.2 Å². The fraction of sp³-hybridized carbons (Fsp3) is 0.333. The van der Waals surface area contributed by atoms with E-state index in [4.69, 9.17) is 16.3 Å². The normalized spacial score (nSPS) is 14.9. The standard InChI is InChI=1S/C18H19ClN4OS/c19-17-11-15-16(25-17)12-20-18(22-15)21-13-3-5-14(6-4-13)24-10-9-23-7-1-2-8-23/h3-6,11-12H,1-2,7-10H2,(H,20,21,22). The first-order valence-corrected chi connectivity index (χ1v) is 9.60. The number of likely N-dealkylation sites (tertiary alicyclic amines) is 1. The highest BCUT2D eigenvalue weighted by molar-refractivity contribution is 7.22. The molecule has 0 saturated carbocycles. The van der Waals surface area contributed by atoms with E-state index in [1.807, 2.05) is 30.3 Å². The summed E-state index contributed by atoms with van der Waals surface area (Å²) in [5.74, 6) is 1.44. The van der Waals surface area contributed by atoms with Crippen LogP contribution < -0.4 is 10.1 Å². The van der Waals surface area contributed by atoms with Crippen LogP contribution in [0.5, 0.6) is 5.75 Å². The molecule has 0 spiro atoms. The zero-order valence-electron chi connectivity index (χ0n) is 13.7. The van der Waals surface area contributed by atoms with Crippen LogP contribution in [0.2, 0.25) is 4.34 Å². The number of hydrogen-bond donors (Lipinski definition) is 1. The fourth-order valence-corrected chi connectivity index (χ4v) is 3.98. The minimum Gasteiger partial charge on any atom is -0.492 e. The van der Waals surface area contributed by atoms with Gasteiger partial charge in [0.1, 0.15) is 12.4 Å². The van der Waals surface area contributed by atoms with Gasteiger partial charge in [-0.1, -0.05) is 11.6 Å². The van der Waals surface area contributed by atoms with E-state index in [1.165, 1.54) is 37.3 Å². The van der Waals surface area contributed by atoms with Gasteiger partial charge in [-0.3, -0.25) is 4.90 Å². The molecule has 0 bridgehead atoms. The zero-order chi connectivity index (χ0) is 17.1. The molecule has 0 amide bonds. The number of ether oxygens (including phenoxy) is 1. The number of benzene rings is 1. The van der Waals surface area contributed by atoms with Gasteiger partial charge in [0, 0.05) is 12.2 Å². The van der Waals surface area contributed by atoms with Gasteiger partial charge in [-0.05, 0) is 56.3 Å². The van der Waals surface area contributed by atoms with Crippen molar-refractivity contribution in [3.63, 3.8) is 0 Å². The summed E-state index contributed by atoms with van der Waals surface area (Å²) in [4.78, 5) is 11.2. The number of fused-ring (bicyclic) bond motifs is 1. The SMILES string of the molecule is Clc1cc2nc(Nc3ccc(OCCN4CCCC4)cc3)ncc2s1. The van der Waals surface area contributed by atoms with E-state index in [0.29, 0.717) is 5.95 Å². The Bertz CT molecular complexity index is 846. The number of nitrogens with zero attached hydrogens (tertiary/aromatic N) is 3. The molecule has 0 aliphatic carbocycles. The van der Waals surface area contributed by atoms with Crippen molar-refractivity contribution >= 4 is 44.8 Å². The van der Waals surface area contributed by atoms with Crippen LogP contribution in [0.15, 0.2) is 36.5 Å². The lowest BCUT2D eigenvalue weighted by Gasteiger charge is -2.15. The average Bonchev–Trinajstić information content (AvgIpc) is 3.24. The van der Waals surface area contributed by atoms with Crippen LogP contribution in [-0.4, -0.2) is 41.1 Å². The molecule has 1 N–H and O–H groups in total. The molecule has 130 valence electrons. The van der Waals surface area contributed by atoms with Crippen molar-refractivity contribution in [2.45, 2.75) is 12.8 Å². The van der Waals surface area contributed by atoms with Crippen molar-refractivity contribution in [1.82, 2.24) is 14.9 Å². The molecule has 7 heteroatoms. The van der Waals surface area contributed by atoms with Gasteiger partial charge in [0.25, 0.3) is 0 Å². The lowest BCUT2D eigenvalue weighted by Crippen LogP contribution is -2.25. The molecule has 2 aromatic heterocycles. The highest BCUT2D eigenvalue weighted by atomic mass is 35.5. The van der Waals surface area contributed by atoms with Gasteiger partial charge in [0.05, 0.1) is 20.7 Å². The van der Waals surface area contributed by atoms with Crippen molar-refractivity contribution in [1.29, 1.82) is 0 Å². The molecule has 1 aliphatic rings. The molecular weight excluding hydrogens is 356 g/mol. The van der Waals surface area contributed by atoms with Crippen molar-refractivity contribution in [3.8, 4) is 5.75 Å². The summed E-state index contributed by atoms with van der Waals surface area (Å²) in [5, 5.41) is 3.21. The molecular formula is C18H19ClN4OS. The maximum atomic E-state index is 6.01. The highest BCUT2D eigenvalue weighted by Gasteiger charge is 2.10. The van der Waals surface area contributed by atoms with Crippen molar-refractivity contribution in [2.75, 3.05) is 31.6 Å². The van der Waals surface area contributed by atoms with Gasteiger partial charge < -0.3 is 10.1 Å². The van der Waals surface area contributed by atoms with Crippen LogP contribution in [0.4, 0.5) is 11.6 Å². The first kappa shape index (κ1) is 16.6. The molecule has 1 aromatic carbocycles. The molecule has 1 fully saturated rings. The Labute approximate surface area is 155 Å². The predicted molar refractivity (Wildman–Crippen MR) is 103 cm³/mol. The van der Waals surface area contributed by atoms with Gasteiger partial charge in [-0.15, -0.1) is 11.3 Å². The van der Waals surface area contributed by atoms with Crippen molar-refractivity contribution in [2.24, 2.45) is 0 Å². The predicted octanol–water partition coefficient (Wildman–Crippen LogP) is 4.56. The molecule has 3 heterocycles. The summed E-state index contributed by atoms with van der Waals surface area (Å²) >= 11 is 7.49. The maximum Gasteiger partial charge on any atom is 0.227 e. The Kier molecular flexibility index (Phi) is 5.01. The van der Waals surface area contributed by atoms with Crippen molar-refractivity contribution < 1.29 is 4.74 Å². The quantitative estimate of drug-likeness (QED) is 0.685. The molecule has 4 rings (SSSR count). The zero-order valence-corrected chi connectivity index (χ0v) is 15.3. The summed E-state index contributed by atoms with van der Waals surface area (Å²) < 4.78 is 7.52. The first-order chi connectivity index (χ1) is 12.3. The van der Waals surface area contributed by atoms with E-state index in [2.05, 4.69) is 20.2 Å². The van der Waals surface area contributed by atoms with Crippen LogP contribution in [0.3, 0.4) is 0 Å². The number of hydrogen-bond acceptors (Lipinski definition) is 6. The Morgan fingerprint density at radius 1 is 1.20 bits per heavy atom. The highest BCUT2D eigenvalue weighted by Crippen LogP contribution is 2.28. The van der Waals surface area contributed by atoms with E-state index in [1.54, 1.807) is 6.20 Å². The summed E-state index contributed by atoms with van der Waals surface area (Å²) in [5.41, 5.74) is 1.78. The monoisotopic (exact) mass is 374 g/mol. The Hall–Kier alpha value is -1.89. The minimum absolute atomic E-state index is 0.560. The van der Waals surface area contributed by atoms with Crippen LogP contribution in [-0.2, 0) is 0 Å². The average molecular weight is 375 g/mol. The number of thiophene rings is 1. The third-order valence-corrected chi connectivity index (χ3v) is 5.41. The van der Waals surface area contributed by atoms with E-state index in [0.717, 1.165) is 39.1 Å². The second-order valence-electron chi connectivity index (χ2n) is 6.04. The van der Waals surface area contributed by atoms with E-state index in [9.17, 15) is 0 Å². The summed E-state index contributed by atoms with van der Waals surface area (Å²) in [6.07, 6.45) is 4.41. The molecule has 1 saturated heterocycles. The second kappa shape index (κ2) is 7.56. The van der Waals surface area contributed by atoms with E-state index in [-0.39, 0.29) is 0 Å². The Morgan fingerprint density at radius 3 is 2.80 bits per heavy atom. The third kappa shape index (κ3) is 4.21. The minimum atomic E-state index is 0.560. The molecule has 5 nitrogen and oxygen atoms in total. The molecule has 0 radical (unpaired) electrons. The summed E-state index contributed by atoms with van der Waals surface area (Å²) in [6.45, 7) is 4.13. The second-order valence-corrected chi connectivity index (χ2v) is 7.76. The number of halogens is 1. The number of rotatable bonds is 6. The summed E-state index contributed by atoms with van der Waals surface area (Å²) in [6, 6.07) is 9.73. The lowest BCUT2D eigenvalue weighted by molar-refractivity contribution is 0.238. The number of aromatic nitrogens is 2. The Balaban J connectivity index is 1.34. The van der Waals surface area contributed by atoms with Crippen LogP contribution in [0, 0.1) is 0 Å². The third-order valence-electron chi connectivity index (χ3n) is 4.23. The fourth-order valence-electron chi connectivity index (χ4n) is 2.93. The molecule has 3 aromatic rings. The smallest absolute Gasteiger partial charge is 0.227 e. The van der Waals surface area contributed by atoms with Crippen molar-refractivity contribution in [3.05, 3.63) is 40.9 Å². The summed E-state index contributed by atoms with van der Waals surface area (Å²) in [7, 11) is 0. The topological polar surface area (TPSA) is 50.3 Å². The Morgan fingerprint density at radius 2 is 2.00 bits per heavy atom.